The summed E-state index contributed by atoms with van der Waals surface area (Å²) in [6.07, 6.45) is 0. The molecule has 1 unspecified atom stereocenters. The van der Waals surface area contributed by atoms with E-state index in [9.17, 15) is 9.18 Å². The Morgan fingerprint density at radius 3 is 2.62 bits per heavy atom. The van der Waals surface area contributed by atoms with Crippen LogP contribution in [0.5, 0.6) is 0 Å². The van der Waals surface area contributed by atoms with Crippen molar-refractivity contribution < 1.29 is 9.18 Å². The van der Waals surface area contributed by atoms with E-state index in [-0.39, 0.29) is 17.3 Å². The second-order valence-corrected chi connectivity index (χ2v) is 5.30. The van der Waals surface area contributed by atoms with Gasteiger partial charge in [0.2, 0.25) is 0 Å². The lowest BCUT2D eigenvalue weighted by Crippen LogP contribution is -2.27. The van der Waals surface area contributed by atoms with Gasteiger partial charge in [-0.2, -0.15) is 0 Å². The van der Waals surface area contributed by atoms with E-state index in [0.717, 1.165) is 5.56 Å². The van der Waals surface area contributed by atoms with Gasteiger partial charge in [-0.25, -0.2) is 4.39 Å². The monoisotopic (exact) mass is 306 g/mol. The molecule has 2 aromatic rings. The number of nitrogens with two attached hydrogens (primary N) is 1. The van der Waals surface area contributed by atoms with E-state index < -0.39 is 11.7 Å². The van der Waals surface area contributed by atoms with Gasteiger partial charge in [0.25, 0.3) is 5.91 Å². The second kappa shape index (κ2) is 6.14. The number of rotatable bonds is 3. The summed E-state index contributed by atoms with van der Waals surface area (Å²) in [6, 6.07) is 9.59. The van der Waals surface area contributed by atoms with Crippen LogP contribution in [-0.4, -0.2) is 5.91 Å². The zero-order chi connectivity index (χ0) is 15.6. The van der Waals surface area contributed by atoms with Gasteiger partial charge in [-0.15, -0.1) is 0 Å². The van der Waals surface area contributed by atoms with E-state index in [1.54, 1.807) is 13.0 Å². The molecule has 2 rings (SSSR count). The lowest BCUT2D eigenvalue weighted by molar-refractivity contribution is 0.0939. The third kappa shape index (κ3) is 3.34. The largest absolute Gasteiger partial charge is 0.398 e. The maximum atomic E-state index is 13.6. The number of carbonyl (C=O) groups excluding carboxylic acids is 1. The summed E-state index contributed by atoms with van der Waals surface area (Å²) in [4.78, 5) is 12.2. The predicted octanol–water partition coefficient (Wildman–Crippen LogP) is 3.86. The fraction of sp³-hybridized carbons (Fsp3) is 0.188. The Morgan fingerprint density at radius 1 is 1.33 bits per heavy atom. The summed E-state index contributed by atoms with van der Waals surface area (Å²) in [5.74, 6) is -0.890. The number of hydrogen-bond donors (Lipinski definition) is 2. The predicted molar refractivity (Wildman–Crippen MR) is 82.9 cm³/mol. The molecule has 0 radical (unpaired) electrons. The van der Waals surface area contributed by atoms with Crippen LogP contribution < -0.4 is 11.1 Å². The number of nitrogens with one attached hydrogen (secondary N) is 1. The number of hydrogen-bond acceptors (Lipinski definition) is 2. The van der Waals surface area contributed by atoms with Crippen LogP contribution in [0.4, 0.5) is 10.1 Å². The summed E-state index contributed by atoms with van der Waals surface area (Å²) in [5, 5.41) is 3.35. The first-order valence-electron chi connectivity index (χ1n) is 6.51. The summed E-state index contributed by atoms with van der Waals surface area (Å²) < 4.78 is 13.6. The number of carbonyl (C=O) groups is 1. The summed E-state index contributed by atoms with van der Waals surface area (Å²) in [5.41, 5.74) is 7.27. The highest BCUT2D eigenvalue weighted by atomic mass is 35.5. The molecule has 5 heteroatoms. The molecule has 0 heterocycles. The Balaban J connectivity index is 2.20. The molecule has 0 aliphatic rings. The van der Waals surface area contributed by atoms with Crippen LogP contribution in [0.3, 0.4) is 0 Å². The fourth-order valence-corrected chi connectivity index (χ4v) is 2.31. The lowest BCUT2D eigenvalue weighted by Gasteiger charge is -2.16. The minimum Gasteiger partial charge on any atom is -0.398 e. The molecule has 0 fully saturated rings. The maximum absolute atomic E-state index is 13.6. The zero-order valence-corrected chi connectivity index (χ0v) is 12.5. The maximum Gasteiger partial charge on any atom is 0.251 e. The van der Waals surface area contributed by atoms with Gasteiger partial charge < -0.3 is 11.1 Å². The molecule has 21 heavy (non-hydrogen) atoms. The molecular formula is C16H16ClFN2O. The Labute approximate surface area is 127 Å². The molecule has 0 saturated heterocycles. The third-order valence-electron chi connectivity index (χ3n) is 3.37. The molecule has 110 valence electrons. The number of halogens is 2. The quantitative estimate of drug-likeness (QED) is 0.846. The number of amides is 1. The van der Waals surface area contributed by atoms with Gasteiger partial charge in [-0.3, -0.25) is 4.79 Å². The van der Waals surface area contributed by atoms with Gasteiger partial charge in [-0.1, -0.05) is 29.8 Å². The first-order chi connectivity index (χ1) is 9.90. The summed E-state index contributed by atoms with van der Waals surface area (Å²) >= 11 is 6.09. The van der Waals surface area contributed by atoms with Crippen LogP contribution in [0.1, 0.15) is 34.5 Å². The van der Waals surface area contributed by atoms with Crippen LogP contribution in [-0.2, 0) is 0 Å². The summed E-state index contributed by atoms with van der Waals surface area (Å²) in [7, 11) is 0. The van der Waals surface area contributed by atoms with Crippen molar-refractivity contribution in [3.05, 3.63) is 63.9 Å². The Bertz CT molecular complexity index is 665. The van der Waals surface area contributed by atoms with Crippen LogP contribution in [0.2, 0.25) is 5.02 Å². The molecule has 0 bridgehead atoms. The van der Waals surface area contributed by atoms with Crippen molar-refractivity contribution in [2.24, 2.45) is 0 Å². The van der Waals surface area contributed by atoms with Gasteiger partial charge in [0.1, 0.15) is 5.82 Å². The van der Waals surface area contributed by atoms with Gasteiger partial charge in [0.15, 0.2) is 0 Å². The van der Waals surface area contributed by atoms with Crippen LogP contribution >= 0.6 is 11.6 Å². The molecule has 0 aliphatic heterocycles. The van der Waals surface area contributed by atoms with E-state index >= 15 is 0 Å². The van der Waals surface area contributed by atoms with Gasteiger partial charge in [0, 0.05) is 21.8 Å². The molecule has 0 aliphatic carbocycles. The smallest absolute Gasteiger partial charge is 0.251 e. The van der Waals surface area contributed by atoms with Crippen LogP contribution in [0, 0.1) is 12.7 Å². The zero-order valence-electron chi connectivity index (χ0n) is 11.8. The molecule has 0 aromatic heterocycles. The van der Waals surface area contributed by atoms with Crippen molar-refractivity contribution in [2.45, 2.75) is 19.9 Å². The van der Waals surface area contributed by atoms with Crippen molar-refractivity contribution in [2.75, 3.05) is 5.73 Å². The SMILES string of the molecule is Cc1c(N)cc(C(=O)NC(C)c2ccccc2Cl)cc1F. The average Bonchev–Trinajstić information content (AvgIpc) is 2.44. The van der Waals surface area contributed by atoms with E-state index in [4.69, 9.17) is 17.3 Å². The van der Waals surface area contributed by atoms with Crippen LogP contribution in [0.15, 0.2) is 36.4 Å². The van der Waals surface area contributed by atoms with Gasteiger partial charge in [0.05, 0.1) is 6.04 Å². The number of anilines is 1. The van der Waals surface area contributed by atoms with E-state index in [0.29, 0.717) is 10.6 Å². The van der Waals surface area contributed by atoms with Gasteiger partial charge >= 0.3 is 0 Å². The van der Waals surface area contributed by atoms with Crippen LogP contribution in [0.25, 0.3) is 0 Å². The number of benzene rings is 2. The highest BCUT2D eigenvalue weighted by molar-refractivity contribution is 6.31. The topological polar surface area (TPSA) is 55.1 Å². The molecule has 3 N–H and O–H groups in total. The van der Waals surface area contributed by atoms with E-state index in [1.165, 1.54) is 12.1 Å². The van der Waals surface area contributed by atoms with E-state index in [2.05, 4.69) is 5.32 Å². The second-order valence-electron chi connectivity index (χ2n) is 4.89. The van der Waals surface area contributed by atoms with Crippen molar-refractivity contribution in [3.63, 3.8) is 0 Å². The average molecular weight is 307 g/mol. The highest BCUT2D eigenvalue weighted by Crippen LogP contribution is 2.23. The van der Waals surface area contributed by atoms with E-state index in [1.807, 2.05) is 25.1 Å². The lowest BCUT2D eigenvalue weighted by atomic mass is 10.1. The van der Waals surface area contributed by atoms with Crippen molar-refractivity contribution >= 4 is 23.2 Å². The Kier molecular flexibility index (Phi) is 4.48. The molecular weight excluding hydrogens is 291 g/mol. The fourth-order valence-electron chi connectivity index (χ4n) is 2.02. The minimum absolute atomic E-state index is 0.189. The normalized spacial score (nSPS) is 12.0. The molecule has 2 aromatic carbocycles. The van der Waals surface area contributed by atoms with Crippen molar-refractivity contribution in [1.82, 2.24) is 5.32 Å². The minimum atomic E-state index is -0.495. The molecule has 3 nitrogen and oxygen atoms in total. The third-order valence-corrected chi connectivity index (χ3v) is 3.71. The molecule has 0 saturated carbocycles. The Hall–Kier alpha value is -2.07. The van der Waals surface area contributed by atoms with Gasteiger partial charge in [-0.05, 0) is 37.6 Å². The van der Waals surface area contributed by atoms with Crippen molar-refractivity contribution in [1.29, 1.82) is 0 Å². The molecule has 1 atom stereocenters. The first-order valence-corrected chi connectivity index (χ1v) is 6.89. The van der Waals surface area contributed by atoms with Crippen molar-refractivity contribution in [3.8, 4) is 0 Å². The first kappa shape index (κ1) is 15.3. The molecule has 0 spiro atoms. The summed E-state index contributed by atoms with van der Waals surface area (Å²) in [6.45, 7) is 3.38. The highest BCUT2D eigenvalue weighted by Gasteiger charge is 2.15. The Morgan fingerprint density at radius 2 is 2.00 bits per heavy atom. The standard InChI is InChI=1S/C16H16ClFN2O/c1-9-14(18)7-11(8-15(9)19)16(21)20-10(2)12-5-3-4-6-13(12)17/h3-8,10H,19H2,1-2H3,(H,20,21). The molecule has 1 amide bonds. The number of nitrogen functional groups attached to an aromatic ring is 1.